The Kier molecular flexibility index (Phi) is 7.74. The molecule has 1 unspecified atom stereocenters. The molecule has 0 saturated heterocycles. The van der Waals surface area contributed by atoms with E-state index in [0.717, 1.165) is 30.6 Å². The third kappa shape index (κ3) is 6.34. The molecule has 3 rings (SSSR count). The maximum atomic E-state index is 14.8. The first-order chi connectivity index (χ1) is 15.7. The lowest BCUT2D eigenvalue weighted by Gasteiger charge is -2.23. The van der Waals surface area contributed by atoms with Gasteiger partial charge in [-0.25, -0.2) is 9.18 Å². The molecule has 3 nitrogen and oxygen atoms in total. The molecule has 1 saturated carbocycles. The van der Waals surface area contributed by atoms with E-state index in [0.29, 0.717) is 11.5 Å². The van der Waals surface area contributed by atoms with Gasteiger partial charge in [0.1, 0.15) is 12.4 Å². The van der Waals surface area contributed by atoms with Crippen LogP contribution in [0.15, 0.2) is 84.5 Å². The summed E-state index contributed by atoms with van der Waals surface area (Å²) in [5, 5.41) is 2.62. The van der Waals surface area contributed by atoms with E-state index >= 15 is 0 Å². The molecule has 1 N–H and O–H groups in total. The Morgan fingerprint density at radius 1 is 1.21 bits per heavy atom. The third-order valence-electron chi connectivity index (χ3n) is 5.28. The van der Waals surface area contributed by atoms with Crippen LogP contribution in [0.2, 0.25) is 0 Å². The summed E-state index contributed by atoms with van der Waals surface area (Å²) in [6, 6.07) is 11.6. The van der Waals surface area contributed by atoms with Crippen LogP contribution in [0.25, 0.3) is 0 Å². The zero-order valence-corrected chi connectivity index (χ0v) is 18.2. The molecule has 0 bridgehead atoms. The van der Waals surface area contributed by atoms with Crippen LogP contribution in [-0.4, -0.2) is 18.2 Å². The maximum Gasteiger partial charge on any atom is 0.416 e. The zero-order chi connectivity index (χ0) is 24.0. The number of benzene rings is 2. The largest absolute Gasteiger partial charge is 0.459 e. The van der Waals surface area contributed by atoms with Crippen molar-refractivity contribution in [1.82, 2.24) is 0 Å². The summed E-state index contributed by atoms with van der Waals surface area (Å²) in [7, 11) is 0. The predicted molar refractivity (Wildman–Crippen MR) is 120 cm³/mol. The number of esters is 1. The van der Waals surface area contributed by atoms with E-state index in [1.165, 1.54) is 25.1 Å². The first-order valence-corrected chi connectivity index (χ1v) is 10.6. The Morgan fingerprint density at radius 3 is 2.45 bits per heavy atom. The number of hydrogen-bond acceptors (Lipinski definition) is 3. The van der Waals surface area contributed by atoms with Crippen LogP contribution in [0.3, 0.4) is 0 Å². The van der Waals surface area contributed by atoms with Gasteiger partial charge < -0.3 is 10.1 Å². The predicted octanol–water partition coefficient (Wildman–Crippen LogP) is 6.85. The lowest BCUT2D eigenvalue weighted by Crippen LogP contribution is -2.35. The van der Waals surface area contributed by atoms with Crippen LogP contribution in [0.4, 0.5) is 23.2 Å². The first kappa shape index (κ1) is 24.3. The van der Waals surface area contributed by atoms with Crippen LogP contribution in [0.5, 0.6) is 0 Å². The smallest absolute Gasteiger partial charge is 0.416 e. The number of allylic oxidation sites excluding steroid dienone is 3. The number of ether oxygens (including phenoxy) is 1. The van der Waals surface area contributed by atoms with Crippen molar-refractivity contribution in [3.63, 3.8) is 0 Å². The van der Waals surface area contributed by atoms with Gasteiger partial charge in [0.05, 0.1) is 11.3 Å². The van der Waals surface area contributed by atoms with E-state index < -0.39 is 35.2 Å². The van der Waals surface area contributed by atoms with E-state index in [1.54, 1.807) is 36.4 Å². The summed E-state index contributed by atoms with van der Waals surface area (Å²) in [4.78, 5) is 13.0. The van der Waals surface area contributed by atoms with Gasteiger partial charge in [-0.1, -0.05) is 61.2 Å². The van der Waals surface area contributed by atoms with Gasteiger partial charge in [0, 0.05) is 0 Å². The minimum absolute atomic E-state index is 0.0950. The Bertz CT molecular complexity index is 1050. The number of hydrogen-bond donors (Lipinski definition) is 1. The Balaban J connectivity index is 1.97. The van der Waals surface area contributed by atoms with Crippen molar-refractivity contribution in [2.75, 3.05) is 5.32 Å². The molecule has 7 heteroatoms. The lowest BCUT2D eigenvalue weighted by molar-refractivity contribution is -0.145. The number of rotatable bonds is 9. The van der Waals surface area contributed by atoms with Crippen LogP contribution in [-0.2, 0) is 16.1 Å². The van der Waals surface area contributed by atoms with Crippen LogP contribution in [0.1, 0.15) is 36.8 Å². The molecule has 0 radical (unpaired) electrons. The van der Waals surface area contributed by atoms with E-state index in [1.807, 2.05) is 0 Å². The molecule has 1 atom stereocenters. The van der Waals surface area contributed by atoms with E-state index in [9.17, 15) is 22.4 Å². The molecule has 0 heterocycles. The topological polar surface area (TPSA) is 38.3 Å². The number of anilines is 1. The fourth-order valence-corrected chi connectivity index (χ4v) is 3.45. The maximum absolute atomic E-state index is 14.8. The molecule has 0 amide bonds. The quantitative estimate of drug-likeness (QED) is 0.253. The monoisotopic (exact) mass is 459 g/mol. The molecule has 1 fully saturated rings. The number of carbonyl (C=O) groups excluding carboxylic acids is 1. The highest BCUT2D eigenvalue weighted by molar-refractivity contribution is 5.84. The SMILES string of the molecule is C=C/C(=C(\C=C/C)C(F)(F)F)C(Nc1ccc(C2CC2)cc1F)C(=O)OCc1ccccc1. The normalized spacial score (nSPS) is 15.7. The van der Waals surface area contributed by atoms with E-state index in [2.05, 4.69) is 11.9 Å². The molecule has 33 heavy (non-hydrogen) atoms. The van der Waals surface area contributed by atoms with Crippen molar-refractivity contribution in [3.8, 4) is 0 Å². The summed E-state index contributed by atoms with van der Waals surface area (Å²) in [5.41, 5.74) is -0.125. The molecule has 2 aromatic rings. The molecule has 1 aliphatic carbocycles. The van der Waals surface area contributed by atoms with Gasteiger partial charge in [-0.05, 0) is 54.5 Å². The molecule has 2 aromatic carbocycles. The summed E-state index contributed by atoms with van der Waals surface area (Å²) >= 11 is 0. The van der Waals surface area contributed by atoms with Gasteiger partial charge >= 0.3 is 12.1 Å². The molecule has 174 valence electrons. The van der Waals surface area contributed by atoms with Crippen LogP contribution < -0.4 is 5.32 Å². The lowest BCUT2D eigenvalue weighted by atomic mass is 9.98. The fraction of sp³-hybridized carbons (Fsp3) is 0.269. The summed E-state index contributed by atoms with van der Waals surface area (Å²) in [6.07, 6.45) is 0.196. The molecule has 0 aromatic heterocycles. The summed E-state index contributed by atoms with van der Waals surface area (Å²) in [6.45, 7) is 4.76. The van der Waals surface area contributed by atoms with Crippen LogP contribution in [0, 0.1) is 5.82 Å². The second-order valence-corrected chi connectivity index (χ2v) is 7.76. The third-order valence-corrected chi connectivity index (χ3v) is 5.28. The second kappa shape index (κ2) is 10.5. The fourth-order valence-electron chi connectivity index (χ4n) is 3.45. The number of halogens is 4. The average molecular weight is 459 g/mol. The molecule has 1 aliphatic rings. The average Bonchev–Trinajstić information content (AvgIpc) is 3.63. The minimum Gasteiger partial charge on any atom is -0.459 e. The van der Waals surface area contributed by atoms with Crippen molar-refractivity contribution in [1.29, 1.82) is 0 Å². The first-order valence-electron chi connectivity index (χ1n) is 10.6. The highest BCUT2D eigenvalue weighted by Gasteiger charge is 2.38. The summed E-state index contributed by atoms with van der Waals surface area (Å²) < 4.78 is 61.4. The van der Waals surface area contributed by atoms with Crippen molar-refractivity contribution in [3.05, 3.63) is 101 Å². The van der Waals surface area contributed by atoms with Gasteiger partial charge in [0.2, 0.25) is 0 Å². The second-order valence-electron chi connectivity index (χ2n) is 7.76. The van der Waals surface area contributed by atoms with Crippen LogP contribution >= 0.6 is 0 Å². The van der Waals surface area contributed by atoms with Gasteiger partial charge in [-0.3, -0.25) is 0 Å². The van der Waals surface area contributed by atoms with Gasteiger partial charge in [-0.15, -0.1) is 0 Å². The molecule has 0 spiro atoms. The number of carbonyl (C=O) groups is 1. The van der Waals surface area contributed by atoms with Crippen molar-refractivity contribution in [2.24, 2.45) is 0 Å². The Hall–Kier alpha value is -3.35. The van der Waals surface area contributed by atoms with Gasteiger partial charge in [0.25, 0.3) is 0 Å². The van der Waals surface area contributed by atoms with E-state index in [4.69, 9.17) is 4.74 Å². The summed E-state index contributed by atoms with van der Waals surface area (Å²) in [5.74, 6) is -1.33. The number of alkyl halides is 3. The highest BCUT2D eigenvalue weighted by Crippen LogP contribution is 2.41. The van der Waals surface area contributed by atoms with Gasteiger partial charge in [0.15, 0.2) is 6.04 Å². The van der Waals surface area contributed by atoms with E-state index in [-0.39, 0.29) is 12.3 Å². The van der Waals surface area contributed by atoms with Crippen molar-refractivity contribution in [2.45, 2.75) is 44.5 Å². The van der Waals surface area contributed by atoms with Crippen molar-refractivity contribution >= 4 is 11.7 Å². The number of nitrogens with one attached hydrogen (secondary N) is 1. The molecule has 0 aliphatic heterocycles. The highest BCUT2D eigenvalue weighted by atomic mass is 19.4. The standard InChI is InChI=1S/C26H25F4NO2/c1-3-8-21(26(28,29)30)20(4-2)24(25(32)33-16-17-9-6-5-7-10-17)31-23-14-13-19(15-22(23)27)18-11-12-18/h3-10,13-15,18,24,31H,2,11-12,16H2,1H3/b8-3-,21-20-. The van der Waals surface area contributed by atoms with Crippen molar-refractivity contribution < 1.29 is 27.1 Å². The molecular formula is C26H25F4NO2. The Morgan fingerprint density at radius 2 is 1.91 bits per heavy atom. The molecular weight excluding hydrogens is 434 g/mol. The zero-order valence-electron chi connectivity index (χ0n) is 18.2. The minimum atomic E-state index is -4.76. The van der Waals surface area contributed by atoms with Gasteiger partial charge in [-0.2, -0.15) is 13.2 Å². The Labute approximate surface area is 190 Å².